The van der Waals surface area contributed by atoms with E-state index in [1.54, 1.807) is 6.08 Å². The van der Waals surface area contributed by atoms with Crippen molar-refractivity contribution in [3.05, 3.63) is 64.1 Å². The minimum absolute atomic E-state index is 0.216. The second-order valence-electron chi connectivity index (χ2n) is 6.65. The van der Waals surface area contributed by atoms with Gasteiger partial charge in [-0.1, -0.05) is 38.1 Å². The first kappa shape index (κ1) is 18.7. The van der Waals surface area contributed by atoms with Gasteiger partial charge in [-0.3, -0.25) is 4.79 Å². The molecule has 0 aliphatic carbocycles. The van der Waals surface area contributed by atoms with Gasteiger partial charge in [0, 0.05) is 0 Å². The molecule has 1 N–H and O–H groups in total. The van der Waals surface area contributed by atoms with E-state index in [9.17, 15) is 4.79 Å². The Kier molecular flexibility index (Phi) is 5.91. The molecule has 0 fully saturated rings. The van der Waals surface area contributed by atoms with Gasteiger partial charge in [0.1, 0.15) is 5.69 Å². The van der Waals surface area contributed by atoms with Crippen molar-refractivity contribution in [3.63, 3.8) is 0 Å². The summed E-state index contributed by atoms with van der Waals surface area (Å²) in [6.45, 7) is 7.33. The van der Waals surface area contributed by atoms with Crippen molar-refractivity contribution in [1.82, 2.24) is 9.97 Å². The topological polar surface area (TPSA) is 64.2 Å². The van der Waals surface area contributed by atoms with Gasteiger partial charge in [0.25, 0.3) is 5.56 Å². The van der Waals surface area contributed by atoms with Crippen molar-refractivity contribution >= 4 is 23.2 Å². The standard InChI is InChI=1S/C22H24N2O3/c1-4-26-21-13-16(10-12-20(21)27-14-15(2)3)9-11-19-22(25)24-18-8-6-5-7-17(18)23-19/h5-13,15H,4,14H2,1-3H3,(H,24,25)/b11-9+. The number of H-pyrrole nitrogens is 1. The SMILES string of the molecule is CCOc1cc(/C=C/c2nc3ccccc3[nH]c2=O)ccc1OCC(C)C. The van der Waals surface area contributed by atoms with Crippen LogP contribution in [-0.2, 0) is 0 Å². The summed E-state index contributed by atoms with van der Waals surface area (Å²) < 4.78 is 11.5. The fourth-order valence-electron chi connectivity index (χ4n) is 2.60. The summed E-state index contributed by atoms with van der Waals surface area (Å²) in [5, 5.41) is 0. The molecule has 3 rings (SSSR count). The maximum absolute atomic E-state index is 12.2. The molecule has 5 heteroatoms. The quantitative estimate of drug-likeness (QED) is 0.669. The number of rotatable bonds is 7. The van der Waals surface area contributed by atoms with Crippen molar-refractivity contribution in [1.29, 1.82) is 0 Å². The highest BCUT2D eigenvalue weighted by atomic mass is 16.5. The highest BCUT2D eigenvalue weighted by Gasteiger charge is 2.07. The lowest BCUT2D eigenvalue weighted by atomic mass is 10.1. The van der Waals surface area contributed by atoms with E-state index < -0.39 is 0 Å². The van der Waals surface area contributed by atoms with Gasteiger partial charge in [-0.15, -0.1) is 0 Å². The zero-order valence-corrected chi connectivity index (χ0v) is 15.9. The van der Waals surface area contributed by atoms with Gasteiger partial charge in [-0.2, -0.15) is 0 Å². The van der Waals surface area contributed by atoms with E-state index >= 15 is 0 Å². The van der Waals surface area contributed by atoms with Crippen LogP contribution in [0.1, 0.15) is 32.0 Å². The fraction of sp³-hybridized carbons (Fsp3) is 0.273. The lowest BCUT2D eigenvalue weighted by molar-refractivity contribution is 0.248. The number of fused-ring (bicyclic) bond motifs is 1. The van der Waals surface area contributed by atoms with Gasteiger partial charge in [0.05, 0.1) is 24.2 Å². The molecule has 140 valence electrons. The minimum atomic E-state index is -0.216. The van der Waals surface area contributed by atoms with E-state index in [0.717, 1.165) is 22.3 Å². The first-order valence-electron chi connectivity index (χ1n) is 9.13. The van der Waals surface area contributed by atoms with E-state index in [1.165, 1.54) is 0 Å². The Morgan fingerprint density at radius 3 is 2.67 bits per heavy atom. The summed E-state index contributed by atoms with van der Waals surface area (Å²) in [5.41, 5.74) is 2.54. The van der Waals surface area contributed by atoms with Crippen LogP contribution in [0.2, 0.25) is 0 Å². The predicted molar refractivity (Wildman–Crippen MR) is 109 cm³/mol. The number of benzene rings is 2. The fourth-order valence-corrected chi connectivity index (χ4v) is 2.60. The van der Waals surface area contributed by atoms with Crippen LogP contribution in [0.25, 0.3) is 23.2 Å². The Balaban J connectivity index is 1.87. The van der Waals surface area contributed by atoms with Crippen molar-refractivity contribution in [2.24, 2.45) is 5.92 Å². The molecule has 2 aromatic carbocycles. The molecule has 0 saturated carbocycles. The molecule has 0 saturated heterocycles. The second kappa shape index (κ2) is 8.54. The number of ether oxygens (including phenoxy) is 2. The lowest BCUT2D eigenvalue weighted by Crippen LogP contribution is -2.11. The van der Waals surface area contributed by atoms with Crippen LogP contribution in [0.3, 0.4) is 0 Å². The van der Waals surface area contributed by atoms with E-state index in [2.05, 4.69) is 23.8 Å². The third kappa shape index (κ3) is 4.76. The Morgan fingerprint density at radius 1 is 1.07 bits per heavy atom. The molecule has 1 aromatic heterocycles. The summed E-state index contributed by atoms with van der Waals surface area (Å²) in [5.74, 6) is 1.86. The van der Waals surface area contributed by atoms with E-state index in [1.807, 2.05) is 55.5 Å². The Bertz CT molecular complexity index is 1010. The van der Waals surface area contributed by atoms with Gasteiger partial charge < -0.3 is 14.5 Å². The Morgan fingerprint density at radius 2 is 1.89 bits per heavy atom. The van der Waals surface area contributed by atoms with E-state index in [-0.39, 0.29) is 5.56 Å². The van der Waals surface area contributed by atoms with Crippen molar-refractivity contribution in [3.8, 4) is 11.5 Å². The van der Waals surface area contributed by atoms with Crippen LogP contribution in [0.4, 0.5) is 0 Å². The van der Waals surface area contributed by atoms with E-state index in [0.29, 0.717) is 30.6 Å². The Labute approximate surface area is 158 Å². The average Bonchev–Trinajstić information content (AvgIpc) is 2.65. The summed E-state index contributed by atoms with van der Waals surface area (Å²) in [6.07, 6.45) is 3.56. The Hall–Kier alpha value is -3.08. The molecule has 1 heterocycles. The van der Waals surface area contributed by atoms with Crippen LogP contribution in [0.5, 0.6) is 11.5 Å². The monoisotopic (exact) mass is 364 g/mol. The van der Waals surface area contributed by atoms with Crippen LogP contribution >= 0.6 is 0 Å². The zero-order chi connectivity index (χ0) is 19.2. The van der Waals surface area contributed by atoms with Gasteiger partial charge in [-0.25, -0.2) is 4.98 Å². The molecule has 0 aliphatic rings. The van der Waals surface area contributed by atoms with E-state index in [4.69, 9.17) is 9.47 Å². The van der Waals surface area contributed by atoms with Crippen LogP contribution in [-0.4, -0.2) is 23.2 Å². The molecule has 0 spiro atoms. The van der Waals surface area contributed by atoms with Crippen molar-refractivity contribution in [2.75, 3.05) is 13.2 Å². The first-order chi connectivity index (χ1) is 13.1. The maximum Gasteiger partial charge on any atom is 0.274 e. The smallest absolute Gasteiger partial charge is 0.274 e. The molecule has 0 bridgehead atoms. The van der Waals surface area contributed by atoms with Crippen LogP contribution in [0.15, 0.2) is 47.3 Å². The molecule has 27 heavy (non-hydrogen) atoms. The van der Waals surface area contributed by atoms with Crippen LogP contribution in [0, 0.1) is 5.92 Å². The third-order valence-electron chi connectivity index (χ3n) is 3.90. The average molecular weight is 364 g/mol. The minimum Gasteiger partial charge on any atom is -0.490 e. The summed E-state index contributed by atoms with van der Waals surface area (Å²) >= 11 is 0. The first-order valence-corrected chi connectivity index (χ1v) is 9.13. The molecule has 0 atom stereocenters. The number of hydrogen-bond donors (Lipinski definition) is 1. The number of nitrogens with zero attached hydrogens (tertiary/aromatic N) is 1. The number of nitrogens with one attached hydrogen (secondary N) is 1. The molecular weight excluding hydrogens is 340 g/mol. The van der Waals surface area contributed by atoms with Crippen molar-refractivity contribution < 1.29 is 9.47 Å². The summed E-state index contributed by atoms with van der Waals surface area (Å²) in [7, 11) is 0. The molecule has 3 aromatic rings. The second-order valence-corrected chi connectivity index (χ2v) is 6.65. The number of aromatic nitrogens is 2. The molecule has 5 nitrogen and oxygen atoms in total. The largest absolute Gasteiger partial charge is 0.490 e. The summed E-state index contributed by atoms with van der Waals surface area (Å²) in [6, 6.07) is 13.2. The zero-order valence-electron chi connectivity index (χ0n) is 15.9. The van der Waals surface area contributed by atoms with Gasteiger partial charge >= 0.3 is 0 Å². The molecule has 0 aliphatic heterocycles. The van der Waals surface area contributed by atoms with Crippen molar-refractivity contribution in [2.45, 2.75) is 20.8 Å². The van der Waals surface area contributed by atoms with Gasteiger partial charge in [0.15, 0.2) is 11.5 Å². The highest BCUT2D eigenvalue weighted by molar-refractivity contribution is 5.76. The highest BCUT2D eigenvalue weighted by Crippen LogP contribution is 2.29. The number of para-hydroxylation sites is 2. The maximum atomic E-state index is 12.2. The number of aromatic amines is 1. The van der Waals surface area contributed by atoms with Gasteiger partial charge in [-0.05, 0) is 48.7 Å². The third-order valence-corrected chi connectivity index (χ3v) is 3.90. The molecule has 0 amide bonds. The predicted octanol–water partition coefficient (Wildman–Crippen LogP) is 4.53. The molecule has 0 unspecified atom stereocenters. The van der Waals surface area contributed by atoms with Crippen LogP contribution < -0.4 is 15.0 Å². The van der Waals surface area contributed by atoms with Gasteiger partial charge in [0.2, 0.25) is 0 Å². The summed E-state index contributed by atoms with van der Waals surface area (Å²) in [4.78, 5) is 19.5. The number of hydrogen-bond acceptors (Lipinski definition) is 4. The molecular formula is C22H24N2O3. The normalized spacial score (nSPS) is 11.4. The molecule has 0 radical (unpaired) electrons. The lowest BCUT2D eigenvalue weighted by Gasteiger charge is -2.14.